The molecular weight excluding hydrogens is 462 g/mol. The first-order chi connectivity index (χ1) is 16.4. The Morgan fingerprint density at radius 3 is 2.43 bits per heavy atom. The summed E-state index contributed by atoms with van der Waals surface area (Å²) < 4.78 is 5.89. The first-order valence-corrected chi connectivity index (χ1v) is 11.5. The number of para-hydroxylation sites is 1. The Labute approximate surface area is 213 Å². The molecule has 0 spiro atoms. The molecule has 2 heterocycles. The fourth-order valence-electron chi connectivity index (χ4n) is 4.11. The Morgan fingerprint density at radius 1 is 1.11 bits per heavy atom. The van der Waals surface area contributed by atoms with E-state index in [4.69, 9.17) is 10.5 Å². The molecule has 8 heteroatoms. The molecule has 1 aliphatic rings. The number of nitrogens with zero attached hydrogens (tertiary/aromatic N) is 4. The van der Waals surface area contributed by atoms with Crippen LogP contribution in [-0.2, 0) is 17.8 Å². The van der Waals surface area contributed by atoms with Crippen molar-refractivity contribution in [1.82, 2.24) is 14.8 Å². The zero-order valence-corrected chi connectivity index (χ0v) is 21.1. The number of ether oxygens (including phenoxy) is 1. The third kappa shape index (κ3) is 6.31. The molecule has 0 bridgehead atoms. The van der Waals surface area contributed by atoms with Crippen LogP contribution in [0.15, 0.2) is 77.9 Å². The van der Waals surface area contributed by atoms with Gasteiger partial charge in [-0.15, -0.1) is 12.4 Å². The Kier molecular flexibility index (Phi) is 8.71. The predicted octanol–water partition coefficient (Wildman–Crippen LogP) is 4.78. The summed E-state index contributed by atoms with van der Waals surface area (Å²) in [5, 5.41) is 0. The number of pyridine rings is 1. The van der Waals surface area contributed by atoms with Crippen molar-refractivity contribution in [3.63, 3.8) is 0 Å². The van der Waals surface area contributed by atoms with Gasteiger partial charge in [-0.25, -0.2) is 9.98 Å². The topological polar surface area (TPSA) is 84.0 Å². The van der Waals surface area contributed by atoms with E-state index in [0.717, 1.165) is 12.0 Å². The summed E-state index contributed by atoms with van der Waals surface area (Å²) in [6.45, 7) is 5.16. The van der Waals surface area contributed by atoms with Gasteiger partial charge in [0.2, 0.25) is 11.8 Å². The van der Waals surface area contributed by atoms with E-state index in [1.54, 1.807) is 11.1 Å². The molecule has 0 saturated carbocycles. The van der Waals surface area contributed by atoms with Crippen LogP contribution in [0.3, 0.4) is 0 Å². The van der Waals surface area contributed by atoms with Crippen molar-refractivity contribution in [1.29, 1.82) is 0 Å². The Bertz CT molecular complexity index is 1150. The number of rotatable bonds is 8. The monoisotopic (exact) mass is 493 g/mol. The van der Waals surface area contributed by atoms with Crippen molar-refractivity contribution < 1.29 is 9.53 Å². The van der Waals surface area contributed by atoms with E-state index in [-0.39, 0.29) is 24.2 Å². The van der Waals surface area contributed by atoms with Crippen molar-refractivity contribution >= 4 is 30.0 Å². The van der Waals surface area contributed by atoms with Crippen molar-refractivity contribution in [2.24, 2.45) is 16.6 Å². The number of likely N-dealkylation sites (N-methyl/N-ethyl adjacent to an activating group) is 1. The molecule has 0 saturated heterocycles. The SMILES string of the molecule is CC(C)C(C(=O)N(C)CCc1ccccc1)N1Cc2cc(Oc3ccccc3)ncc2N=C1N.Cl. The van der Waals surface area contributed by atoms with Crippen LogP contribution in [0.5, 0.6) is 11.6 Å². The van der Waals surface area contributed by atoms with Crippen LogP contribution < -0.4 is 10.5 Å². The summed E-state index contributed by atoms with van der Waals surface area (Å²) in [5.74, 6) is 1.59. The predicted molar refractivity (Wildman–Crippen MR) is 141 cm³/mol. The standard InChI is InChI=1S/C27H31N5O2.ClH/c1-19(2)25(26(33)31(3)15-14-20-10-6-4-7-11-20)32-18-21-16-24(29-17-23(21)30-27(32)28)34-22-12-8-5-9-13-22;/h4-13,16-17,19,25H,14-15,18H2,1-3H3,(H2,28,30);1H. The van der Waals surface area contributed by atoms with Gasteiger partial charge in [0.25, 0.3) is 0 Å². The van der Waals surface area contributed by atoms with Gasteiger partial charge in [-0.1, -0.05) is 62.4 Å². The normalized spacial score (nSPS) is 13.4. The first-order valence-electron chi connectivity index (χ1n) is 11.5. The summed E-state index contributed by atoms with van der Waals surface area (Å²) in [7, 11) is 1.85. The minimum atomic E-state index is -0.427. The van der Waals surface area contributed by atoms with Gasteiger partial charge in [0.1, 0.15) is 11.8 Å². The summed E-state index contributed by atoms with van der Waals surface area (Å²) in [6, 6.07) is 21.1. The number of nitrogens with two attached hydrogens (primary N) is 1. The number of benzene rings is 2. The van der Waals surface area contributed by atoms with Crippen LogP contribution in [0.4, 0.5) is 5.69 Å². The minimum Gasteiger partial charge on any atom is -0.439 e. The highest BCUT2D eigenvalue weighted by atomic mass is 35.5. The molecule has 2 aromatic carbocycles. The average Bonchev–Trinajstić information content (AvgIpc) is 2.84. The summed E-state index contributed by atoms with van der Waals surface area (Å²) >= 11 is 0. The van der Waals surface area contributed by atoms with Crippen LogP contribution in [0.25, 0.3) is 0 Å². The number of carbonyl (C=O) groups is 1. The van der Waals surface area contributed by atoms with Crippen LogP contribution in [0.2, 0.25) is 0 Å². The van der Waals surface area contributed by atoms with E-state index in [0.29, 0.717) is 36.4 Å². The summed E-state index contributed by atoms with van der Waals surface area (Å²) in [4.78, 5) is 26.1. The second-order valence-electron chi connectivity index (χ2n) is 8.85. The second kappa shape index (κ2) is 11.7. The molecule has 184 valence electrons. The number of amides is 1. The number of aliphatic imine (C=N–C) groups is 1. The third-order valence-electron chi connectivity index (χ3n) is 5.95. The highest BCUT2D eigenvalue weighted by Gasteiger charge is 2.34. The summed E-state index contributed by atoms with van der Waals surface area (Å²) in [5.41, 5.74) is 9.16. The van der Waals surface area contributed by atoms with Gasteiger partial charge in [0.15, 0.2) is 5.96 Å². The molecule has 0 fully saturated rings. The molecule has 0 aliphatic carbocycles. The lowest BCUT2D eigenvalue weighted by atomic mass is 9.99. The van der Waals surface area contributed by atoms with Gasteiger partial charge in [-0.05, 0) is 30.0 Å². The fraction of sp³-hybridized carbons (Fsp3) is 0.296. The molecule has 1 amide bonds. The van der Waals surface area contributed by atoms with Gasteiger partial charge in [-0.3, -0.25) is 4.79 Å². The van der Waals surface area contributed by atoms with E-state index >= 15 is 0 Å². The second-order valence-corrected chi connectivity index (χ2v) is 8.85. The van der Waals surface area contributed by atoms with Crippen molar-refractivity contribution in [3.8, 4) is 11.6 Å². The molecule has 4 rings (SSSR count). The van der Waals surface area contributed by atoms with E-state index in [1.807, 2.05) is 80.4 Å². The average molecular weight is 494 g/mol. The molecule has 1 atom stereocenters. The van der Waals surface area contributed by atoms with E-state index < -0.39 is 6.04 Å². The van der Waals surface area contributed by atoms with Gasteiger partial charge in [-0.2, -0.15) is 0 Å². The highest BCUT2D eigenvalue weighted by Crippen LogP contribution is 2.31. The number of hydrogen-bond donors (Lipinski definition) is 1. The van der Waals surface area contributed by atoms with Crippen LogP contribution in [0, 0.1) is 5.92 Å². The maximum Gasteiger partial charge on any atom is 0.245 e. The fourth-order valence-corrected chi connectivity index (χ4v) is 4.11. The number of aromatic nitrogens is 1. The molecule has 0 radical (unpaired) electrons. The highest BCUT2D eigenvalue weighted by molar-refractivity contribution is 5.90. The Hall–Kier alpha value is -3.58. The lowest BCUT2D eigenvalue weighted by molar-refractivity contribution is -0.136. The van der Waals surface area contributed by atoms with Gasteiger partial charge in [0.05, 0.1) is 11.9 Å². The largest absolute Gasteiger partial charge is 0.439 e. The molecule has 1 unspecified atom stereocenters. The third-order valence-corrected chi connectivity index (χ3v) is 5.95. The molecule has 7 nitrogen and oxygen atoms in total. The number of guanidine groups is 1. The smallest absolute Gasteiger partial charge is 0.245 e. The van der Waals surface area contributed by atoms with Gasteiger partial charge >= 0.3 is 0 Å². The quantitative estimate of drug-likeness (QED) is 0.488. The molecule has 3 aromatic rings. The maximum atomic E-state index is 13.5. The Morgan fingerprint density at radius 2 is 1.77 bits per heavy atom. The maximum absolute atomic E-state index is 13.5. The van der Waals surface area contributed by atoms with Crippen molar-refractivity contribution in [2.45, 2.75) is 32.9 Å². The zero-order chi connectivity index (χ0) is 24.1. The van der Waals surface area contributed by atoms with Crippen LogP contribution in [-0.4, -0.2) is 46.3 Å². The number of carbonyl (C=O) groups excluding carboxylic acids is 1. The number of fused-ring (bicyclic) bond motifs is 1. The lowest BCUT2D eigenvalue weighted by Gasteiger charge is -2.38. The number of hydrogen-bond acceptors (Lipinski definition) is 6. The van der Waals surface area contributed by atoms with E-state index in [1.165, 1.54) is 5.56 Å². The van der Waals surface area contributed by atoms with Crippen LogP contribution in [0.1, 0.15) is 25.0 Å². The van der Waals surface area contributed by atoms with Crippen molar-refractivity contribution in [2.75, 3.05) is 13.6 Å². The number of halogens is 1. The van der Waals surface area contributed by atoms with Crippen LogP contribution >= 0.6 is 12.4 Å². The van der Waals surface area contributed by atoms with E-state index in [9.17, 15) is 4.79 Å². The Balaban J connectivity index is 0.00000342. The minimum absolute atomic E-state index is 0. The van der Waals surface area contributed by atoms with Gasteiger partial charge < -0.3 is 20.3 Å². The molecule has 1 aromatic heterocycles. The molecule has 1 aliphatic heterocycles. The van der Waals surface area contributed by atoms with Gasteiger partial charge in [0, 0.05) is 31.8 Å². The summed E-state index contributed by atoms with van der Waals surface area (Å²) in [6.07, 6.45) is 2.46. The molecule has 2 N–H and O–H groups in total. The molecular formula is C27H32ClN5O2. The first kappa shape index (κ1) is 26.0. The van der Waals surface area contributed by atoms with Crippen molar-refractivity contribution in [3.05, 3.63) is 84.1 Å². The zero-order valence-electron chi connectivity index (χ0n) is 20.3. The molecule has 35 heavy (non-hydrogen) atoms. The lowest BCUT2D eigenvalue weighted by Crippen LogP contribution is -2.55. The van der Waals surface area contributed by atoms with E-state index in [2.05, 4.69) is 22.1 Å².